The van der Waals surface area contributed by atoms with Gasteiger partial charge in [-0.15, -0.1) is 0 Å². The average Bonchev–Trinajstić information content (AvgIpc) is 2.17. The Kier molecular flexibility index (Phi) is 5.65. The Hall–Kier alpha value is -0.610. The molecule has 4 heteroatoms. The monoisotopic (exact) mass is 214 g/mol. The first kappa shape index (κ1) is 12.5. The Morgan fingerprint density at radius 1 is 1.60 bits per heavy atom. The minimum Gasteiger partial charge on any atom is -0.385 e. The fourth-order valence-corrected chi connectivity index (χ4v) is 1.69. The lowest BCUT2D eigenvalue weighted by Crippen LogP contribution is -2.42. The van der Waals surface area contributed by atoms with Crippen LogP contribution in [0.3, 0.4) is 0 Å². The van der Waals surface area contributed by atoms with Gasteiger partial charge < -0.3 is 15.8 Å². The maximum atomic E-state index is 11.4. The van der Waals surface area contributed by atoms with Crippen LogP contribution >= 0.6 is 0 Å². The number of methoxy groups -OCH3 is 1. The molecule has 0 heterocycles. The third kappa shape index (κ3) is 4.62. The molecular weight excluding hydrogens is 192 g/mol. The highest BCUT2D eigenvalue weighted by molar-refractivity contribution is 5.81. The van der Waals surface area contributed by atoms with Crippen LogP contribution in [0.15, 0.2) is 0 Å². The molecule has 1 fully saturated rings. The van der Waals surface area contributed by atoms with Crippen molar-refractivity contribution >= 4 is 5.91 Å². The molecule has 3 N–H and O–H groups in total. The maximum Gasteiger partial charge on any atom is 0.237 e. The summed E-state index contributed by atoms with van der Waals surface area (Å²) in [6, 6.07) is -0.425. The van der Waals surface area contributed by atoms with Crippen molar-refractivity contribution in [3.05, 3.63) is 0 Å². The van der Waals surface area contributed by atoms with Crippen LogP contribution in [-0.2, 0) is 9.53 Å². The molecule has 0 bridgehead atoms. The van der Waals surface area contributed by atoms with E-state index in [-0.39, 0.29) is 5.91 Å². The second-order valence-corrected chi connectivity index (χ2v) is 4.26. The van der Waals surface area contributed by atoms with E-state index in [0.717, 1.165) is 18.9 Å². The van der Waals surface area contributed by atoms with Gasteiger partial charge in [0.25, 0.3) is 0 Å². The lowest BCUT2D eigenvalue weighted by atomic mass is 9.83. The Morgan fingerprint density at radius 2 is 2.33 bits per heavy atom. The number of ether oxygens (including phenoxy) is 1. The summed E-state index contributed by atoms with van der Waals surface area (Å²) in [5.74, 6) is 0.784. The second kappa shape index (κ2) is 6.80. The van der Waals surface area contributed by atoms with Gasteiger partial charge in [0.1, 0.15) is 0 Å². The van der Waals surface area contributed by atoms with Crippen LogP contribution < -0.4 is 11.1 Å². The smallest absolute Gasteiger partial charge is 0.237 e. The molecule has 0 radical (unpaired) electrons. The van der Waals surface area contributed by atoms with Crippen molar-refractivity contribution in [1.29, 1.82) is 0 Å². The zero-order chi connectivity index (χ0) is 11.1. The Bertz CT molecular complexity index is 193. The van der Waals surface area contributed by atoms with Gasteiger partial charge in [-0.3, -0.25) is 4.79 Å². The van der Waals surface area contributed by atoms with Crippen LogP contribution in [0.5, 0.6) is 0 Å². The number of amides is 1. The number of hydrogen-bond acceptors (Lipinski definition) is 3. The number of nitrogens with one attached hydrogen (secondary N) is 1. The zero-order valence-electron chi connectivity index (χ0n) is 9.50. The topological polar surface area (TPSA) is 64.3 Å². The van der Waals surface area contributed by atoms with Gasteiger partial charge in [0, 0.05) is 20.3 Å². The number of rotatable bonds is 7. The Labute approximate surface area is 91.5 Å². The average molecular weight is 214 g/mol. The molecular formula is C11H22N2O2. The normalized spacial score (nSPS) is 18.3. The summed E-state index contributed by atoms with van der Waals surface area (Å²) < 4.78 is 4.87. The Balaban J connectivity index is 2.00. The van der Waals surface area contributed by atoms with Gasteiger partial charge >= 0.3 is 0 Å². The van der Waals surface area contributed by atoms with Crippen LogP contribution in [0.2, 0.25) is 0 Å². The van der Waals surface area contributed by atoms with Crippen LogP contribution in [-0.4, -0.2) is 32.2 Å². The van der Waals surface area contributed by atoms with E-state index in [9.17, 15) is 4.79 Å². The van der Waals surface area contributed by atoms with Crippen molar-refractivity contribution in [2.75, 3.05) is 20.3 Å². The molecule has 1 saturated carbocycles. The quantitative estimate of drug-likeness (QED) is 0.654. The third-order valence-corrected chi connectivity index (χ3v) is 3.05. The third-order valence-electron chi connectivity index (χ3n) is 3.05. The van der Waals surface area contributed by atoms with E-state index < -0.39 is 6.04 Å². The summed E-state index contributed by atoms with van der Waals surface area (Å²) in [6.45, 7) is 1.31. The second-order valence-electron chi connectivity index (χ2n) is 4.26. The number of hydrogen-bond donors (Lipinski definition) is 2. The lowest BCUT2D eigenvalue weighted by Gasteiger charge is -2.25. The van der Waals surface area contributed by atoms with Crippen molar-refractivity contribution in [3.63, 3.8) is 0 Å². The fourth-order valence-electron chi connectivity index (χ4n) is 1.69. The first-order chi connectivity index (χ1) is 7.24. The molecule has 0 aromatic rings. The van der Waals surface area contributed by atoms with Gasteiger partial charge in [-0.1, -0.05) is 19.3 Å². The van der Waals surface area contributed by atoms with E-state index in [0.29, 0.717) is 13.0 Å². The molecule has 4 nitrogen and oxygen atoms in total. The summed E-state index contributed by atoms with van der Waals surface area (Å²) >= 11 is 0. The summed E-state index contributed by atoms with van der Waals surface area (Å²) in [5, 5.41) is 2.87. The largest absolute Gasteiger partial charge is 0.385 e. The summed E-state index contributed by atoms with van der Waals surface area (Å²) in [6.07, 6.45) is 5.69. The van der Waals surface area contributed by atoms with E-state index in [4.69, 9.17) is 10.5 Å². The van der Waals surface area contributed by atoms with E-state index >= 15 is 0 Å². The first-order valence-corrected chi connectivity index (χ1v) is 5.76. The number of nitrogens with two attached hydrogens (primary N) is 1. The van der Waals surface area contributed by atoms with Gasteiger partial charge in [0.15, 0.2) is 0 Å². The van der Waals surface area contributed by atoms with Gasteiger partial charge in [-0.05, 0) is 18.8 Å². The van der Waals surface area contributed by atoms with E-state index in [2.05, 4.69) is 5.32 Å². The van der Waals surface area contributed by atoms with Gasteiger partial charge in [0.05, 0.1) is 6.04 Å². The van der Waals surface area contributed by atoms with Crippen molar-refractivity contribution in [2.24, 2.45) is 11.7 Å². The molecule has 1 atom stereocenters. The van der Waals surface area contributed by atoms with Gasteiger partial charge in [-0.2, -0.15) is 0 Å². The van der Waals surface area contributed by atoms with E-state index in [1.165, 1.54) is 19.3 Å². The highest BCUT2D eigenvalue weighted by Crippen LogP contribution is 2.28. The highest BCUT2D eigenvalue weighted by atomic mass is 16.5. The molecule has 0 aromatic carbocycles. The lowest BCUT2D eigenvalue weighted by molar-refractivity contribution is -0.122. The molecule has 0 aliphatic heterocycles. The minimum atomic E-state index is -0.425. The van der Waals surface area contributed by atoms with Crippen molar-refractivity contribution in [1.82, 2.24) is 5.32 Å². The van der Waals surface area contributed by atoms with Crippen molar-refractivity contribution < 1.29 is 9.53 Å². The Morgan fingerprint density at radius 3 is 2.87 bits per heavy atom. The highest BCUT2D eigenvalue weighted by Gasteiger charge is 2.18. The van der Waals surface area contributed by atoms with Crippen LogP contribution in [0.25, 0.3) is 0 Å². The molecule has 1 rings (SSSR count). The summed E-state index contributed by atoms with van der Waals surface area (Å²) in [7, 11) is 1.61. The predicted molar refractivity (Wildman–Crippen MR) is 59.4 cm³/mol. The zero-order valence-corrected chi connectivity index (χ0v) is 9.50. The van der Waals surface area contributed by atoms with Crippen molar-refractivity contribution in [3.8, 4) is 0 Å². The molecule has 15 heavy (non-hydrogen) atoms. The number of carbonyl (C=O) groups excluding carboxylic acids is 1. The van der Waals surface area contributed by atoms with Crippen LogP contribution in [0, 0.1) is 5.92 Å². The van der Waals surface area contributed by atoms with E-state index in [1.807, 2.05) is 0 Å². The van der Waals surface area contributed by atoms with E-state index in [1.54, 1.807) is 7.11 Å². The molecule has 1 amide bonds. The predicted octanol–water partition coefficient (Wildman–Crippen LogP) is 0.657. The molecule has 1 aliphatic carbocycles. The summed E-state index contributed by atoms with van der Waals surface area (Å²) in [4.78, 5) is 11.4. The fraction of sp³-hybridized carbons (Fsp3) is 0.909. The maximum absolute atomic E-state index is 11.4. The first-order valence-electron chi connectivity index (χ1n) is 5.76. The molecule has 1 aliphatic rings. The minimum absolute atomic E-state index is 0.0497. The SMILES string of the molecule is COCCC(N)C(=O)NCCC1CCC1. The van der Waals surface area contributed by atoms with Gasteiger partial charge in [-0.25, -0.2) is 0 Å². The van der Waals surface area contributed by atoms with Crippen molar-refractivity contribution in [2.45, 2.75) is 38.1 Å². The molecule has 0 spiro atoms. The molecule has 1 unspecified atom stereocenters. The van der Waals surface area contributed by atoms with Crippen LogP contribution in [0.4, 0.5) is 0 Å². The number of carbonyl (C=O) groups is 1. The molecule has 88 valence electrons. The molecule has 0 aromatic heterocycles. The standard InChI is InChI=1S/C11H22N2O2/c1-15-8-6-10(12)11(14)13-7-5-9-3-2-4-9/h9-10H,2-8,12H2,1H3,(H,13,14). The van der Waals surface area contributed by atoms with Gasteiger partial charge in [0.2, 0.25) is 5.91 Å². The molecule has 0 saturated heterocycles. The van der Waals surface area contributed by atoms with Crippen LogP contribution in [0.1, 0.15) is 32.1 Å². The summed E-state index contributed by atoms with van der Waals surface area (Å²) in [5.41, 5.74) is 5.67.